The number of benzene rings is 2. The number of rotatable bonds is 6. The number of amides is 1. The lowest BCUT2D eigenvalue weighted by Gasteiger charge is -2.22. The van der Waals surface area contributed by atoms with Gasteiger partial charge in [-0.3, -0.25) is 4.79 Å². The lowest BCUT2D eigenvalue weighted by atomic mass is 9.87. The Morgan fingerprint density at radius 3 is 2.36 bits per heavy atom. The quantitative estimate of drug-likeness (QED) is 0.508. The summed E-state index contributed by atoms with van der Waals surface area (Å²) in [5.74, 6) is 1.34. The molecule has 4 rings (SSSR count). The van der Waals surface area contributed by atoms with Gasteiger partial charge in [-0.25, -0.2) is 4.98 Å². The van der Waals surface area contributed by atoms with Crippen molar-refractivity contribution >= 4 is 11.7 Å². The molecule has 0 saturated carbocycles. The lowest BCUT2D eigenvalue weighted by molar-refractivity contribution is 0.100. The minimum atomic E-state index is -0.447. The molecule has 1 saturated heterocycles. The predicted molar refractivity (Wildman–Crippen MR) is 135 cm³/mol. The molecule has 0 radical (unpaired) electrons. The zero-order valence-corrected chi connectivity index (χ0v) is 19.8. The van der Waals surface area contributed by atoms with Gasteiger partial charge in [-0.1, -0.05) is 31.0 Å². The van der Waals surface area contributed by atoms with E-state index in [9.17, 15) is 4.79 Å². The second kappa shape index (κ2) is 10.1. The molecule has 1 aliphatic heterocycles. The van der Waals surface area contributed by atoms with E-state index in [0.717, 1.165) is 52.5 Å². The average Bonchev–Trinajstić information content (AvgIpc) is 3.08. The largest absolute Gasteiger partial charge is 0.491 e. The van der Waals surface area contributed by atoms with E-state index in [1.807, 2.05) is 56.4 Å². The van der Waals surface area contributed by atoms with Gasteiger partial charge in [-0.05, 0) is 80.6 Å². The molecule has 1 aliphatic rings. The van der Waals surface area contributed by atoms with Crippen molar-refractivity contribution in [3.8, 4) is 28.0 Å². The van der Waals surface area contributed by atoms with Crippen LogP contribution in [0.25, 0.3) is 22.3 Å². The smallest absolute Gasteiger partial charge is 0.249 e. The zero-order valence-electron chi connectivity index (χ0n) is 19.8. The average molecular weight is 444 g/mol. The molecule has 0 aliphatic carbocycles. The number of primary amides is 1. The van der Waals surface area contributed by atoms with Crippen molar-refractivity contribution < 1.29 is 9.53 Å². The number of anilines is 1. The summed E-state index contributed by atoms with van der Waals surface area (Å²) in [4.78, 5) is 19.6. The Morgan fingerprint density at radius 2 is 1.73 bits per heavy atom. The predicted octanol–water partition coefficient (Wildman–Crippen LogP) is 5.99. The van der Waals surface area contributed by atoms with Crippen LogP contribution in [0, 0.1) is 6.92 Å². The van der Waals surface area contributed by atoms with Crippen LogP contribution in [0.15, 0.2) is 54.7 Å². The molecule has 0 unspecified atom stereocenters. The maximum absolute atomic E-state index is 12.4. The minimum absolute atomic E-state index is 0.0773. The second-order valence-electron chi connectivity index (χ2n) is 9.05. The van der Waals surface area contributed by atoms with Crippen LogP contribution in [0.5, 0.6) is 5.75 Å². The Morgan fingerprint density at radius 1 is 0.970 bits per heavy atom. The molecule has 2 N–H and O–H groups in total. The molecular weight excluding hydrogens is 410 g/mol. The van der Waals surface area contributed by atoms with Crippen molar-refractivity contribution in [3.63, 3.8) is 0 Å². The molecule has 2 heterocycles. The lowest BCUT2D eigenvalue weighted by Crippen LogP contribution is -2.24. The molecule has 33 heavy (non-hydrogen) atoms. The zero-order chi connectivity index (χ0) is 23.4. The van der Waals surface area contributed by atoms with E-state index in [1.54, 1.807) is 0 Å². The molecule has 0 atom stereocenters. The van der Waals surface area contributed by atoms with E-state index < -0.39 is 5.91 Å². The van der Waals surface area contributed by atoms with Gasteiger partial charge in [-0.2, -0.15) is 0 Å². The Kier molecular flexibility index (Phi) is 6.97. The van der Waals surface area contributed by atoms with Crippen molar-refractivity contribution in [2.75, 3.05) is 18.0 Å². The standard InChI is InChI=1S/C28H33N3O2/c1-19(2)33-23-10-8-9-21(17-23)26-20(3)11-13-24(28(29)32)27(26)22-12-14-25(30-18-22)31-15-6-4-5-7-16-31/h8-14,17-19H,4-7,15-16H2,1-3H3,(H2,29,32). The van der Waals surface area contributed by atoms with E-state index in [2.05, 4.69) is 24.0 Å². The summed E-state index contributed by atoms with van der Waals surface area (Å²) in [5.41, 5.74) is 11.0. The van der Waals surface area contributed by atoms with Gasteiger partial charge in [0.25, 0.3) is 0 Å². The van der Waals surface area contributed by atoms with Crippen molar-refractivity contribution in [1.82, 2.24) is 4.98 Å². The van der Waals surface area contributed by atoms with E-state index >= 15 is 0 Å². The summed E-state index contributed by atoms with van der Waals surface area (Å²) in [6, 6.07) is 15.9. The number of aromatic nitrogens is 1. The number of carbonyl (C=O) groups is 1. The Balaban J connectivity index is 1.81. The molecule has 1 amide bonds. The number of aryl methyl sites for hydroxylation is 1. The molecule has 1 aromatic heterocycles. The number of nitrogens with zero attached hydrogens (tertiary/aromatic N) is 2. The summed E-state index contributed by atoms with van der Waals surface area (Å²) < 4.78 is 5.92. The van der Waals surface area contributed by atoms with Gasteiger partial charge in [0, 0.05) is 36.0 Å². The van der Waals surface area contributed by atoms with Crippen LogP contribution in [-0.4, -0.2) is 30.1 Å². The first-order chi connectivity index (χ1) is 15.9. The van der Waals surface area contributed by atoms with E-state index in [1.165, 1.54) is 25.7 Å². The van der Waals surface area contributed by atoms with Crippen LogP contribution in [-0.2, 0) is 0 Å². The summed E-state index contributed by atoms with van der Waals surface area (Å²) in [6.07, 6.45) is 6.91. The van der Waals surface area contributed by atoms with Crippen LogP contribution < -0.4 is 15.4 Å². The third-order valence-electron chi connectivity index (χ3n) is 6.14. The van der Waals surface area contributed by atoms with Gasteiger partial charge >= 0.3 is 0 Å². The molecular formula is C28H33N3O2. The maximum Gasteiger partial charge on any atom is 0.249 e. The number of hydrogen-bond donors (Lipinski definition) is 1. The summed E-state index contributed by atoms with van der Waals surface area (Å²) in [6.45, 7) is 8.15. The number of ether oxygens (including phenoxy) is 1. The SMILES string of the molecule is Cc1ccc(C(N)=O)c(-c2ccc(N3CCCCCC3)nc2)c1-c1cccc(OC(C)C)c1. The molecule has 0 spiro atoms. The number of nitrogens with two attached hydrogens (primary N) is 1. The van der Waals surface area contributed by atoms with Gasteiger partial charge in [0.05, 0.1) is 6.10 Å². The minimum Gasteiger partial charge on any atom is -0.491 e. The van der Waals surface area contributed by atoms with Crippen molar-refractivity contribution in [3.05, 3.63) is 65.9 Å². The monoisotopic (exact) mass is 443 g/mol. The van der Waals surface area contributed by atoms with Gasteiger partial charge in [0.1, 0.15) is 11.6 Å². The van der Waals surface area contributed by atoms with Crippen LogP contribution in [0.4, 0.5) is 5.82 Å². The second-order valence-corrected chi connectivity index (χ2v) is 9.05. The summed E-state index contributed by atoms with van der Waals surface area (Å²) in [5, 5.41) is 0. The van der Waals surface area contributed by atoms with Crippen molar-refractivity contribution in [2.45, 2.75) is 52.6 Å². The van der Waals surface area contributed by atoms with Gasteiger partial charge < -0.3 is 15.4 Å². The van der Waals surface area contributed by atoms with Crippen LogP contribution in [0.2, 0.25) is 0 Å². The van der Waals surface area contributed by atoms with E-state index in [0.29, 0.717) is 5.56 Å². The first-order valence-corrected chi connectivity index (χ1v) is 11.9. The first-order valence-electron chi connectivity index (χ1n) is 11.9. The number of pyridine rings is 1. The van der Waals surface area contributed by atoms with Crippen molar-refractivity contribution in [2.24, 2.45) is 5.73 Å². The molecule has 3 aromatic rings. The van der Waals surface area contributed by atoms with Crippen molar-refractivity contribution in [1.29, 1.82) is 0 Å². The Bertz CT molecular complexity index is 1110. The van der Waals surface area contributed by atoms with Crippen LogP contribution in [0.3, 0.4) is 0 Å². The topological polar surface area (TPSA) is 68.5 Å². The molecule has 0 bridgehead atoms. The third kappa shape index (κ3) is 5.19. The summed E-state index contributed by atoms with van der Waals surface area (Å²) >= 11 is 0. The normalized spacial score (nSPS) is 14.2. The molecule has 5 heteroatoms. The van der Waals surface area contributed by atoms with Crippen LogP contribution >= 0.6 is 0 Å². The van der Waals surface area contributed by atoms with E-state index in [4.69, 9.17) is 15.5 Å². The van der Waals surface area contributed by atoms with Gasteiger partial charge in [0.15, 0.2) is 0 Å². The maximum atomic E-state index is 12.4. The molecule has 1 fully saturated rings. The fourth-order valence-electron chi connectivity index (χ4n) is 4.60. The highest BCUT2D eigenvalue weighted by Crippen LogP contribution is 2.39. The number of carbonyl (C=O) groups excluding carboxylic acids is 1. The molecule has 172 valence electrons. The molecule has 5 nitrogen and oxygen atoms in total. The summed E-state index contributed by atoms with van der Waals surface area (Å²) in [7, 11) is 0. The molecule has 2 aromatic carbocycles. The first kappa shape index (κ1) is 22.8. The van der Waals surface area contributed by atoms with Crippen LogP contribution in [0.1, 0.15) is 55.5 Å². The highest BCUT2D eigenvalue weighted by atomic mass is 16.5. The van der Waals surface area contributed by atoms with Gasteiger partial charge in [-0.15, -0.1) is 0 Å². The Labute approximate surface area is 196 Å². The highest BCUT2D eigenvalue weighted by Gasteiger charge is 2.20. The Hall–Kier alpha value is -3.34. The number of hydrogen-bond acceptors (Lipinski definition) is 4. The van der Waals surface area contributed by atoms with Gasteiger partial charge in [0.2, 0.25) is 5.91 Å². The fourth-order valence-corrected chi connectivity index (χ4v) is 4.60. The highest BCUT2D eigenvalue weighted by molar-refractivity contribution is 6.04. The third-order valence-corrected chi connectivity index (χ3v) is 6.14. The van der Waals surface area contributed by atoms with E-state index in [-0.39, 0.29) is 6.10 Å². The fraction of sp³-hybridized carbons (Fsp3) is 0.357.